The third-order valence-electron chi connectivity index (χ3n) is 5.26. The zero-order chi connectivity index (χ0) is 21.2. The van der Waals surface area contributed by atoms with E-state index in [-0.39, 0.29) is 18.9 Å². The quantitative estimate of drug-likeness (QED) is 0.403. The Labute approximate surface area is 172 Å². The number of nitriles is 1. The molecule has 1 aliphatic carbocycles. The molecule has 152 valence electrons. The van der Waals surface area contributed by atoms with E-state index in [9.17, 15) is 18.0 Å². The van der Waals surface area contributed by atoms with Crippen LogP contribution >= 0.6 is 12.2 Å². The average Bonchev–Trinajstić information content (AvgIpc) is 2.88. The number of para-hydroxylation sites is 1. The van der Waals surface area contributed by atoms with Gasteiger partial charge >= 0.3 is 6.18 Å². The summed E-state index contributed by atoms with van der Waals surface area (Å²) >= 11 is 5.52. The number of carbonyl (C=O) groups excluding carboxylic acids is 1. The van der Waals surface area contributed by atoms with Crippen LogP contribution in [-0.2, 0) is 4.79 Å². The molecule has 1 heterocycles. The van der Waals surface area contributed by atoms with Crippen molar-refractivity contribution in [3.63, 3.8) is 0 Å². The van der Waals surface area contributed by atoms with Gasteiger partial charge in [0.1, 0.15) is 17.3 Å². The molecule has 1 saturated carbocycles. The highest BCUT2D eigenvalue weighted by atomic mass is 32.1. The molecule has 1 saturated heterocycles. The number of aliphatic imine (C=N–C) groups is 1. The molecule has 1 aromatic carbocycles. The summed E-state index contributed by atoms with van der Waals surface area (Å²) in [5.74, 6) is -0.182. The smallest absolute Gasteiger partial charge is 0.303 e. The van der Waals surface area contributed by atoms with Crippen LogP contribution in [0.15, 0.2) is 46.6 Å². The Balaban J connectivity index is 1.86. The number of nitrogens with zero attached hydrogens (tertiary/aromatic N) is 4. The second-order valence-corrected chi connectivity index (χ2v) is 7.22. The van der Waals surface area contributed by atoms with E-state index in [1.807, 2.05) is 35.2 Å². The fraction of sp³-hybridized carbons (Fsp3) is 0.400. The maximum absolute atomic E-state index is 13.1. The molecule has 1 aromatic rings. The first-order chi connectivity index (χ1) is 13.8. The van der Waals surface area contributed by atoms with Crippen LogP contribution < -0.4 is 4.90 Å². The average molecular weight is 420 g/mol. The van der Waals surface area contributed by atoms with Crippen LogP contribution in [0.25, 0.3) is 0 Å². The van der Waals surface area contributed by atoms with Gasteiger partial charge in [0, 0.05) is 11.9 Å². The van der Waals surface area contributed by atoms with E-state index < -0.39 is 23.0 Å². The lowest BCUT2D eigenvalue weighted by atomic mass is 9.75. The molecule has 2 fully saturated rings. The molecule has 0 N–H and O–H groups in total. The highest BCUT2D eigenvalue weighted by Gasteiger charge is 2.58. The second kappa shape index (κ2) is 7.95. The number of benzene rings is 1. The molecule has 1 amide bonds. The van der Waals surface area contributed by atoms with Crippen LogP contribution in [0, 0.1) is 11.3 Å². The summed E-state index contributed by atoms with van der Waals surface area (Å²) in [5, 5.41) is 9.36. The molecule has 3 rings (SSSR count). The number of halogens is 3. The van der Waals surface area contributed by atoms with E-state index >= 15 is 0 Å². The van der Waals surface area contributed by atoms with Gasteiger partial charge in [-0.3, -0.25) is 9.69 Å². The molecule has 1 aliphatic heterocycles. The molecule has 2 aliphatic rings. The molecular weight excluding hydrogens is 401 g/mol. The Morgan fingerprint density at radius 1 is 1.34 bits per heavy atom. The Hall–Kier alpha value is -2.73. The Bertz CT molecular complexity index is 914. The van der Waals surface area contributed by atoms with Gasteiger partial charge in [0.05, 0.1) is 12.1 Å². The lowest BCUT2D eigenvalue weighted by Crippen LogP contribution is -2.55. The monoisotopic (exact) mass is 420 g/mol. The van der Waals surface area contributed by atoms with Gasteiger partial charge in [-0.1, -0.05) is 25.1 Å². The molecule has 29 heavy (non-hydrogen) atoms. The zero-order valence-corrected chi connectivity index (χ0v) is 16.6. The topological polar surface area (TPSA) is 59.7 Å². The van der Waals surface area contributed by atoms with Crippen molar-refractivity contribution in [2.45, 2.75) is 44.3 Å². The summed E-state index contributed by atoms with van der Waals surface area (Å²) in [6, 6.07) is 10.8. The highest BCUT2D eigenvalue weighted by molar-refractivity contribution is 7.80. The number of hydrogen-bond donors (Lipinski definition) is 0. The fourth-order valence-corrected chi connectivity index (χ4v) is 4.11. The summed E-state index contributed by atoms with van der Waals surface area (Å²) in [6.07, 6.45) is -1.64. The number of thiocarbonyl (C=S) groups is 1. The first-order valence-corrected chi connectivity index (χ1v) is 9.61. The van der Waals surface area contributed by atoms with Crippen molar-refractivity contribution in [2.24, 2.45) is 4.99 Å². The molecule has 1 spiro atoms. The predicted octanol–water partition coefficient (Wildman–Crippen LogP) is 4.36. The zero-order valence-electron chi connectivity index (χ0n) is 15.7. The van der Waals surface area contributed by atoms with Crippen molar-refractivity contribution in [2.75, 3.05) is 11.4 Å². The van der Waals surface area contributed by atoms with E-state index in [1.165, 1.54) is 17.9 Å². The number of allylic oxidation sites excluding steroid dienone is 2. The van der Waals surface area contributed by atoms with Crippen LogP contribution in [-0.4, -0.2) is 40.4 Å². The SMILES string of the molecule is CC/C(=C(/C#N)N=CCN1C(=O)C2(CCC2)N(c2ccccc2)C1=S)C(F)(F)F. The first-order valence-electron chi connectivity index (χ1n) is 9.20. The van der Waals surface area contributed by atoms with Crippen molar-refractivity contribution in [1.29, 1.82) is 5.26 Å². The summed E-state index contributed by atoms with van der Waals surface area (Å²) in [4.78, 5) is 20.0. The summed E-state index contributed by atoms with van der Waals surface area (Å²) in [6.45, 7) is 1.22. The van der Waals surface area contributed by atoms with E-state index in [4.69, 9.17) is 17.5 Å². The second-order valence-electron chi connectivity index (χ2n) is 6.86. The summed E-state index contributed by atoms with van der Waals surface area (Å²) < 4.78 is 39.1. The molecule has 0 aromatic heterocycles. The lowest BCUT2D eigenvalue weighted by molar-refractivity contribution is -0.132. The number of alkyl halides is 3. The van der Waals surface area contributed by atoms with Gasteiger partial charge in [-0.15, -0.1) is 0 Å². The summed E-state index contributed by atoms with van der Waals surface area (Å²) in [5.41, 5.74) is -1.63. The van der Waals surface area contributed by atoms with Gasteiger partial charge in [-0.2, -0.15) is 18.4 Å². The van der Waals surface area contributed by atoms with Crippen molar-refractivity contribution in [3.8, 4) is 6.07 Å². The van der Waals surface area contributed by atoms with Crippen molar-refractivity contribution >= 4 is 35.1 Å². The van der Waals surface area contributed by atoms with Crippen LogP contribution in [0.2, 0.25) is 0 Å². The van der Waals surface area contributed by atoms with Gasteiger partial charge in [-0.25, -0.2) is 4.99 Å². The maximum atomic E-state index is 13.1. The van der Waals surface area contributed by atoms with Crippen LogP contribution in [0.3, 0.4) is 0 Å². The van der Waals surface area contributed by atoms with Crippen molar-refractivity contribution in [1.82, 2.24) is 4.90 Å². The number of anilines is 1. The molecule has 0 unspecified atom stereocenters. The highest BCUT2D eigenvalue weighted by Crippen LogP contribution is 2.46. The molecule has 5 nitrogen and oxygen atoms in total. The van der Waals surface area contributed by atoms with Crippen LogP contribution in [0.5, 0.6) is 0 Å². The van der Waals surface area contributed by atoms with Crippen LogP contribution in [0.1, 0.15) is 32.6 Å². The molecule has 0 radical (unpaired) electrons. The minimum atomic E-state index is -4.63. The molecular formula is C20H19F3N4OS. The van der Waals surface area contributed by atoms with Gasteiger partial charge in [0.25, 0.3) is 5.91 Å². The third-order valence-corrected chi connectivity index (χ3v) is 5.66. The normalized spacial score (nSPS) is 19.6. The third kappa shape index (κ3) is 3.65. The standard InChI is InChI=1S/C20H19F3N4OS/c1-2-15(20(21,22)23)16(13-24)25-11-12-26-17(28)19(9-6-10-19)27(18(26)29)14-7-4-3-5-8-14/h3-5,7-8,11H,2,6,9-10,12H2,1H3/b16-15+,25-11?. The number of hydrogen-bond acceptors (Lipinski definition) is 4. The van der Waals surface area contributed by atoms with E-state index in [0.717, 1.165) is 18.3 Å². The molecule has 0 bridgehead atoms. The van der Waals surface area contributed by atoms with E-state index in [1.54, 1.807) is 0 Å². The summed E-state index contributed by atoms with van der Waals surface area (Å²) in [7, 11) is 0. The van der Waals surface area contributed by atoms with Gasteiger partial charge < -0.3 is 4.90 Å². The molecule has 9 heteroatoms. The Morgan fingerprint density at radius 2 is 2.00 bits per heavy atom. The van der Waals surface area contributed by atoms with E-state index in [2.05, 4.69) is 4.99 Å². The number of rotatable bonds is 5. The first kappa shape index (κ1) is 21.0. The number of amides is 1. The number of carbonyl (C=O) groups is 1. The van der Waals surface area contributed by atoms with E-state index in [0.29, 0.717) is 18.0 Å². The minimum Gasteiger partial charge on any atom is -0.303 e. The van der Waals surface area contributed by atoms with Crippen molar-refractivity contribution < 1.29 is 18.0 Å². The fourth-order valence-electron chi connectivity index (χ4n) is 3.67. The van der Waals surface area contributed by atoms with Gasteiger partial charge in [-0.05, 0) is 50.0 Å². The maximum Gasteiger partial charge on any atom is 0.415 e. The Morgan fingerprint density at radius 3 is 2.48 bits per heavy atom. The van der Waals surface area contributed by atoms with Gasteiger partial charge in [0.2, 0.25) is 0 Å². The predicted molar refractivity (Wildman–Crippen MR) is 107 cm³/mol. The largest absolute Gasteiger partial charge is 0.415 e. The van der Waals surface area contributed by atoms with Crippen LogP contribution in [0.4, 0.5) is 18.9 Å². The minimum absolute atomic E-state index is 0.0945. The van der Waals surface area contributed by atoms with Crippen molar-refractivity contribution in [3.05, 3.63) is 41.6 Å². The molecule has 0 atom stereocenters. The van der Waals surface area contributed by atoms with Gasteiger partial charge in [0.15, 0.2) is 5.11 Å². The lowest BCUT2D eigenvalue weighted by Gasteiger charge is -2.43. The Kier molecular flexibility index (Phi) is 5.75.